The Morgan fingerprint density at radius 2 is 1.75 bits per heavy atom. The fourth-order valence-corrected chi connectivity index (χ4v) is 4.79. The van der Waals surface area contributed by atoms with Gasteiger partial charge in [0.2, 0.25) is 0 Å². The number of thiophene rings is 1. The number of nitrogens with one attached hydrogen (secondary N) is 1. The third-order valence-corrected chi connectivity index (χ3v) is 6.28. The van der Waals surface area contributed by atoms with Crippen molar-refractivity contribution >= 4 is 67.3 Å². The fourth-order valence-electron chi connectivity index (χ4n) is 3.37. The Hall–Kier alpha value is -3.22. The van der Waals surface area contributed by atoms with Gasteiger partial charge in [-0.05, 0) is 29.7 Å². The molecular weight excluding hydrogens is 398 g/mol. The van der Waals surface area contributed by atoms with Crippen LogP contribution in [0.3, 0.4) is 0 Å². The number of cyclic esters (lactones) is 2. The molecule has 0 bridgehead atoms. The third-order valence-electron chi connectivity index (χ3n) is 4.60. The van der Waals surface area contributed by atoms with E-state index in [0.29, 0.717) is 31.9 Å². The summed E-state index contributed by atoms with van der Waals surface area (Å²) in [7, 11) is 0. The lowest BCUT2D eigenvalue weighted by molar-refractivity contribution is 0.0391. The summed E-state index contributed by atoms with van der Waals surface area (Å²) in [6, 6.07) is 15.8. The molecule has 0 spiro atoms. The highest BCUT2D eigenvalue weighted by molar-refractivity contribution is 7.21. The number of hydrogen-bond acceptors (Lipinski definition) is 5. The van der Waals surface area contributed by atoms with Crippen LogP contribution in [0.25, 0.3) is 20.9 Å². The van der Waals surface area contributed by atoms with Crippen molar-refractivity contribution in [1.29, 1.82) is 0 Å². The van der Waals surface area contributed by atoms with Crippen molar-refractivity contribution in [1.82, 2.24) is 0 Å². The minimum Gasteiger partial charge on any atom is -0.386 e. The molecule has 28 heavy (non-hydrogen) atoms. The molecule has 0 saturated carbocycles. The summed E-state index contributed by atoms with van der Waals surface area (Å²) < 4.78 is 5.71. The van der Waals surface area contributed by atoms with Gasteiger partial charge in [0.1, 0.15) is 4.88 Å². The summed E-state index contributed by atoms with van der Waals surface area (Å²) in [5, 5.41) is 5.21. The minimum absolute atomic E-state index is 0.241. The Balaban J connectivity index is 1.59. The normalized spacial score (nSPS) is 13.0. The fraction of sp³-hybridized carbons (Fsp3) is 0. The van der Waals surface area contributed by atoms with E-state index in [1.807, 2.05) is 24.3 Å². The number of fused-ring (bicyclic) bond motifs is 1. The summed E-state index contributed by atoms with van der Waals surface area (Å²) in [6.07, 6.45) is 0. The van der Waals surface area contributed by atoms with Gasteiger partial charge in [0.25, 0.3) is 5.91 Å². The maximum absolute atomic E-state index is 12.8. The van der Waals surface area contributed by atoms with E-state index in [-0.39, 0.29) is 11.5 Å². The highest BCUT2D eigenvalue weighted by Crippen LogP contribution is 2.36. The Morgan fingerprint density at radius 1 is 0.964 bits per heavy atom. The van der Waals surface area contributed by atoms with E-state index in [1.54, 1.807) is 24.3 Å². The molecule has 1 aliphatic heterocycles. The maximum Gasteiger partial charge on any atom is 0.346 e. The lowest BCUT2D eigenvalue weighted by Crippen LogP contribution is -2.20. The predicted molar refractivity (Wildman–Crippen MR) is 108 cm³/mol. The molecule has 0 aliphatic carbocycles. The summed E-state index contributed by atoms with van der Waals surface area (Å²) in [5.41, 5.74) is 0.993. The van der Waals surface area contributed by atoms with E-state index in [9.17, 15) is 14.4 Å². The molecule has 0 unspecified atom stereocenters. The molecule has 1 N–H and O–H groups in total. The molecule has 0 saturated heterocycles. The molecule has 1 amide bonds. The van der Waals surface area contributed by atoms with Gasteiger partial charge in [0, 0.05) is 21.2 Å². The number of carbonyl (C=O) groups is 3. The van der Waals surface area contributed by atoms with Crippen molar-refractivity contribution in [3.63, 3.8) is 0 Å². The second kappa shape index (κ2) is 6.15. The Bertz CT molecular complexity index is 1340. The van der Waals surface area contributed by atoms with Crippen molar-refractivity contribution in [2.75, 3.05) is 5.32 Å². The number of rotatable bonds is 2. The second-order valence-electron chi connectivity index (χ2n) is 6.30. The molecule has 2 heterocycles. The second-order valence-corrected chi connectivity index (χ2v) is 7.73. The molecule has 4 aromatic rings. The van der Waals surface area contributed by atoms with Gasteiger partial charge in [-0.3, -0.25) is 4.79 Å². The average molecular weight is 408 g/mol. The van der Waals surface area contributed by atoms with Gasteiger partial charge in [0.05, 0.1) is 16.1 Å². The van der Waals surface area contributed by atoms with Crippen LogP contribution in [0.5, 0.6) is 0 Å². The number of amides is 1. The number of anilines is 1. The smallest absolute Gasteiger partial charge is 0.346 e. The number of carbonyl (C=O) groups excluding carboxylic acids is 3. The lowest BCUT2D eigenvalue weighted by atomic mass is 9.96. The minimum atomic E-state index is -0.732. The predicted octanol–water partition coefficient (Wildman–Crippen LogP) is 5.27. The Morgan fingerprint density at radius 3 is 2.57 bits per heavy atom. The number of halogens is 1. The molecule has 5 rings (SSSR count). The third kappa shape index (κ3) is 2.50. The van der Waals surface area contributed by atoms with Crippen LogP contribution >= 0.6 is 22.9 Å². The molecule has 0 radical (unpaired) electrons. The van der Waals surface area contributed by atoms with Crippen molar-refractivity contribution in [2.24, 2.45) is 0 Å². The maximum atomic E-state index is 12.8. The first-order chi connectivity index (χ1) is 13.5. The summed E-state index contributed by atoms with van der Waals surface area (Å²) in [5.74, 6) is -1.77. The summed E-state index contributed by atoms with van der Waals surface area (Å²) in [4.78, 5) is 37.3. The van der Waals surface area contributed by atoms with Crippen molar-refractivity contribution < 1.29 is 19.1 Å². The first kappa shape index (κ1) is 16.9. The van der Waals surface area contributed by atoms with E-state index in [2.05, 4.69) is 5.32 Å². The zero-order chi connectivity index (χ0) is 19.4. The zero-order valence-corrected chi connectivity index (χ0v) is 15.7. The topological polar surface area (TPSA) is 72.5 Å². The highest BCUT2D eigenvalue weighted by atomic mass is 35.5. The Labute approximate surface area is 167 Å². The van der Waals surface area contributed by atoms with Gasteiger partial charge < -0.3 is 10.1 Å². The Kier molecular flexibility index (Phi) is 3.72. The molecule has 0 atom stereocenters. The van der Waals surface area contributed by atoms with Crippen molar-refractivity contribution in [2.45, 2.75) is 0 Å². The van der Waals surface area contributed by atoms with Gasteiger partial charge in [0.15, 0.2) is 0 Å². The van der Waals surface area contributed by atoms with Crippen LogP contribution in [0, 0.1) is 0 Å². The monoisotopic (exact) mass is 407 g/mol. The highest BCUT2D eigenvalue weighted by Gasteiger charge is 2.28. The van der Waals surface area contributed by atoms with Gasteiger partial charge in [-0.1, -0.05) is 41.9 Å². The van der Waals surface area contributed by atoms with Crippen LogP contribution in [0.2, 0.25) is 5.02 Å². The molecule has 5 nitrogen and oxygen atoms in total. The van der Waals surface area contributed by atoms with Crippen LogP contribution in [0.15, 0.2) is 54.6 Å². The summed E-state index contributed by atoms with van der Waals surface area (Å²) >= 11 is 7.68. The first-order valence-electron chi connectivity index (χ1n) is 8.34. The van der Waals surface area contributed by atoms with E-state index in [4.69, 9.17) is 16.3 Å². The van der Waals surface area contributed by atoms with Crippen molar-refractivity contribution in [3.8, 4) is 0 Å². The lowest BCUT2D eigenvalue weighted by Gasteiger charge is -2.17. The van der Waals surface area contributed by atoms with E-state index in [0.717, 1.165) is 10.1 Å². The molecule has 136 valence electrons. The molecular formula is C21H10ClNO4S. The van der Waals surface area contributed by atoms with E-state index >= 15 is 0 Å². The molecule has 1 aliphatic rings. The van der Waals surface area contributed by atoms with Crippen molar-refractivity contribution in [3.05, 3.63) is 75.6 Å². The summed E-state index contributed by atoms with van der Waals surface area (Å²) in [6.45, 7) is 0. The van der Waals surface area contributed by atoms with Gasteiger partial charge in [-0.2, -0.15) is 0 Å². The molecule has 7 heteroatoms. The van der Waals surface area contributed by atoms with Gasteiger partial charge in [-0.15, -0.1) is 11.3 Å². The number of esters is 2. The molecule has 1 aromatic heterocycles. The molecule has 0 fully saturated rings. The quantitative estimate of drug-likeness (QED) is 0.363. The largest absolute Gasteiger partial charge is 0.386 e. The van der Waals surface area contributed by atoms with Gasteiger partial charge in [-0.25, -0.2) is 9.59 Å². The van der Waals surface area contributed by atoms with Gasteiger partial charge >= 0.3 is 11.9 Å². The van der Waals surface area contributed by atoms with Crippen LogP contribution < -0.4 is 5.32 Å². The van der Waals surface area contributed by atoms with Crippen LogP contribution in [0.4, 0.5) is 5.69 Å². The van der Waals surface area contributed by atoms with Crippen LogP contribution in [0.1, 0.15) is 30.4 Å². The standard InChI is InChI=1S/C21H10ClNO4S/c22-17-12-5-1-2-7-15(12)28-18(17)19(24)23-11-8-10-4-3-6-13-16(10)14(9-11)21(26)27-20(13)25/h1-9H,(H,23,24). The number of hydrogen-bond donors (Lipinski definition) is 1. The SMILES string of the molecule is O=C(Nc1cc2c3c(cccc3c1)C(=O)OC2=O)c1sc2ccccc2c1Cl. The molecule has 3 aromatic carbocycles. The number of ether oxygens (including phenoxy) is 1. The van der Waals surface area contributed by atoms with E-state index < -0.39 is 11.9 Å². The van der Waals surface area contributed by atoms with Crippen LogP contribution in [-0.2, 0) is 4.74 Å². The van der Waals surface area contributed by atoms with E-state index in [1.165, 1.54) is 17.4 Å². The average Bonchev–Trinajstić information content (AvgIpc) is 3.03. The van der Waals surface area contributed by atoms with Crippen LogP contribution in [-0.4, -0.2) is 17.8 Å². The first-order valence-corrected chi connectivity index (χ1v) is 9.54. The zero-order valence-electron chi connectivity index (χ0n) is 14.1. The number of benzene rings is 3.